The first-order valence-corrected chi connectivity index (χ1v) is 15.8. The minimum Gasteiger partial charge on any atom is -0.387 e. The maximum atomic E-state index is 13.0. The molecule has 12 nitrogen and oxygen atoms in total. The van der Waals surface area contributed by atoms with Crippen LogP contribution in [-0.2, 0) is 20.8 Å². The van der Waals surface area contributed by atoms with E-state index in [1.165, 1.54) is 13.4 Å². The fourth-order valence-electron chi connectivity index (χ4n) is 6.15. The van der Waals surface area contributed by atoms with Crippen LogP contribution < -0.4 is 10.6 Å². The number of carbonyl (C=O) groups is 1. The number of nitrogens with zero attached hydrogens (tertiary/aromatic N) is 5. The molecule has 5 rings (SSSR count). The maximum Gasteiger partial charge on any atom is 0.236 e. The lowest BCUT2D eigenvalue weighted by molar-refractivity contribution is -0.133. The van der Waals surface area contributed by atoms with Crippen molar-refractivity contribution in [2.45, 2.75) is 76.8 Å². The molecule has 1 aliphatic rings. The molecule has 46 heavy (non-hydrogen) atoms. The normalized spacial score (nSPS) is 19.9. The van der Waals surface area contributed by atoms with Crippen molar-refractivity contribution < 1.29 is 24.5 Å². The molecule has 1 fully saturated rings. The van der Waals surface area contributed by atoms with Gasteiger partial charge in [-0.25, -0.2) is 15.0 Å². The lowest BCUT2D eigenvalue weighted by Crippen LogP contribution is -2.46. The lowest BCUT2D eigenvalue weighted by Gasteiger charge is -2.30. The van der Waals surface area contributed by atoms with Crippen molar-refractivity contribution in [3.8, 4) is 0 Å². The second-order valence-corrected chi connectivity index (χ2v) is 12.2. The smallest absolute Gasteiger partial charge is 0.236 e. The highest BCUT2D eigenvalue weighted by Crippen LogP contribution is 2.33. The van der Waals surface area contributed by atoms with E-state index < -0.39 is 24.5 Å². The van der Waals surface area contributed by atoms with Gasteiger partial charge < -0.3 is 35.2 Å². The average Bonchev–Trinajstić information content (AvgIpc) is 3.58. The van der Waals surface area contributed by atoms with Crippen molar-refractivity contribution in [2.75, 3.05) is 32.1 Å². The minimum absolute atomic E-state index is 0.0105. The van der Waals surface area contributed by atoms with E-state index in [0.29, 0.717) is 29.4 Å². The molecule has 0 radical (unpaired) electrons. The molecule has 4 aromatic rings. The number of rotatable bonds is 14. The Morgan fingerprint density at radius 2 is 1.61 bits per heavy atom. The Kier molecular flexibility index (Phi) is 11.0. The molecule has 4 atom stereocenters. The maximum absolute atomic E-state index is 13.0. The molecule has 0 bridgehead atoms. The quantitative estimate of drug-likeness (QED) is 0.164. The second kappa shape index (κ2) is 15.1. The minimum atomic E-state index is -1.22. The van der Waals surface area contributed by atoms with Crippen LogP contribution in [0.3, 0.4) is 0 Å². The molecular weight excluding hydrogens is 586 g/mol. The molecule has 2 aromatic carbocycles. The van der Waals surface area contributed by atoms with E-state index >= 15 is 0 Å². The van der Waals surface area contributed by atoms with Gasteiger partial charge in [-0.3, -0.25) is 9.36 Å². The van der Waals surface area contributed by atoms with Gasteiger partial charge in [0.05, 0.1) is 26.0 Å². The Morgan fingerprint density at radius 3 is 2.20 bits per heavy atom. The third kappa shape index (κ3) is 7.37. The lowest BCUT2D eigenvalue weighted by atomic mass is 9.91. The molecule has 1 amide bonds. The summed E-state index contributed by atoms with van der Waals surface area (Å²) in [5.41, 5.74) is 3.22. The molecule has 246 valence electrons. The molecule has 1 saturated heterocycles. The van der Waals surface area contributed by atoms with E-state index in [-0.39, 0.29) is 43.6 Å². The first kappa shape index (κ1) is 33.4. The molecule has 1 aliphatic heterocycles. The van der Waals surface area contributed by atoms with Gasteiger partial charge in [0.15, 0.2) is 23.2 Å². The Bertz CT molecular complexity index is 1520. The second-order valence-electron chi connectivity index (χ2n) is 12.2. The van der Waals surface area contributed by atoms with Crippen LogP contribution >= 0.6 is 0 Å². The van der Waals surface area contributed by atoms with Gasteiger partial charge in [0, 0.05) is 31.7 Å². The zero-order chi connectivity index (χ0) is 32.8. The summed E-state index contributed by atoms with van der Waals surface area (Å²) >= 11 is 0. The number of aliphatic hydroxyl groups excluding tert-OH is 2. The average molecular weight is 632 g/mol. The number of methoxy groups -OCH3 is 1. The monoisotopic (exact) mass is 631 g/mol. The summed E-state index contributed by atoms with van der Waals surface area (Å²) < 4.78 is 12.8. The van der Waals surface area contributed by atoms with Crippen molar-refractivity contribution in [3.05, 3.63) is 83.9 Å². The Hall–Kier alpha value is -3.94. The number of benzene rings is 2. The number of fused-ring (bicyclic) bond motifs is 1. The van der Waals surface area contributed by atoms with Crippen LogP contribution in [0.2, 0.25) is 0 Å². The molecule has 2 aromatic heterocycles. The molecular formula is C34H45N7O5. The molecule has 0 spiro atoms. The summed E-state index contributed by atoms with van der Waals surface area (Å²) in [4.78, 5) is 29.1. The highest BCUT2D eigenvalue weighted by molar-refractivity contribution is 5.83. The highest BCUT2D eigenvalue weighted by atomic mass is 16.6. The molecule has 0 saturated carbocycles. The summed E-state index contributed by atoms with van der Waals surface area (Å²) in [6.45, 7) is 8.98. The number of imidazole rings is 1. The van der Waals surface area contributed by atoms with Crippen LogP contribution in [0, 0.1) is 0 Å². The van der Waals surface area contributed by atoms with Crippen LogP contribution in [0.25, 0.3) is 11.2 Å². The van der Waals surface area contributed by atoms with E-state index in [9.17, 15) is 15.0 Å². The number of anilines is 1. The van der Waals surface area contributed by atoms with Gasteiger partial charge in [-0.1, -0.05) is 60.7 Å². The predicted octanol–water partition coefficient (Wildman–Crippen LogP) is 3.07. The summed E-state index contributed by atoms with van der Waals surface area (Å²) in [5, 5.41) is 28.2. The van der Waals surface area contributed by atoms with E-state index in [0.717, 1.165) is 11.1 Å². The highest BCUT2D eigenvalue weighted by Gasteiger charge is 2.44. The first-order chi connectivity index (χ1) is 22.2. The molecule has 12 heteroatoms. The number of hydrogen-bond donors (Lipinski definition) is 4. The number of aromatic nitrogens is 4. The van der Waals surface area contributed by atoms with Crippen LogP contribution in [-0.4, -0.2) is 97.7 Å². The largest absolute Gasteiger partial charge is 0.387 e. The zero-order valence-corrected chi connectivity index (χ0v) is 27.1. The van der Waals surface area contributed by atoms with Crippen molar-refractivity contribution in [1.82, 2.24) is 29.7 Å². The van der Waals surface area contributed by atoms with E-state index in [1.54, 1.807) is 4.57 Å². The number of ether oxygens (including phenoxy) is 2. The van der Waals surface area contributed by atoms with Gasteiger partial charge in [-0.2, -0.15) is 0 Å². The summed E-state index contributed by atoms with van der Waals surface area (Å²) in [6.07, 6.45) is -2.47. The summed E-state index contributed by atoms with van der Waals surface area (Å²) in [6, 6.07) is 20.7. The summed E-state index contributed by atoms with van der Waals surface area (Å²) in [5.74, 6) is 0.958. The number of aliphatic hydroxyl groups is 2. The first-order valence-electron chi connectivity index (χ1n) is 15.8. The SMILES string of the molecule is COCC1OC(n2cnc3c(NCC(c4ccccc4)c4ccccc4)nc(CNCC(=O)N(C(C)C)C(C)C)nc32)C(O)C1O. The van der Waals surface area contributed by atoms with Crippen LogP contribution in [0.15, 0.2) is 67.0 Å². The predicted molar refractivity (Wildman–Crippen MR) is 175 cm³/mol. The van der Waals surface area contributed by atoms with Gasteiger partial charge in [-0.15, -0.1) is 0 Å². The molecule has 4 unspecified atom stereocenters. The number of carbonyl (C=O) groups excluding carboxylic acids is 1. The zero-order valence-electron chi connectivity index (χ0n) is 27.1. The van der Waals surface area contributed by atoms with Crippen LogP contribution in [0.4, 0.5) is 5.82 Å². The van der Waals surface area contributed by atoms with Crippen molar-refractivity contribution in [2.24, 2.45) is 0 Å². The molecule has 0 aliphatic carbocycles. The molecule has 4 N–H and O–H groups in total. The Labute approximate surface area is 269 Å². The van der Waals surface area contributed by atoms with E-state index in [4.69, 9.17) is 19.4 Å². The van der Waals surface area contributed by atoms with Crippen molar-refractivity contribution in [3.63, 3.8) is 0 Å². The van der Waals surface area contributed by atoms with Gasteiger partial charge >= 0.3 is 0 Å². The van der Waals surface area contributed by atoms with Gasteiger partial charge in [-0.05, 0) is 38.8 Å². The third-order valence-corrected chi connectivity index (χ3v) is 8.25. The fourth-order valence-corrected chi connectivity index (χ4v) is 6.15. The van der Waals surface area contributed by atoms with Crippen LogP contribution in [0.5, 0.6) is 0 Å². The molecule has 3 heterocycles. The van der Waals surface area contributed by atoms with Crippen molar-refractivity contribution >= 4 is 22.9 Å². The van der Waals surface area contributed by atoms with Gasteiger partial charge in [0.2, 0.25) is 5.91 Å². The van der Waals surface area contributed by atoms with Crippen molar-refractivity contribution in [1.29, 1.82) is 0 Å². The number of amides is 1. The summed E-state index contributed by atoms with van der Waals surface area (Å²) in [7, 11) is 1.51. The van der Waals surface area contributed by atoms with E-state index in [1.807, 2.05) is 69.0 Å². The van der Waals surface area contributed by atoms with Gasteiger partial charge in [0.1, 0.15) is 24.1 Å². The van der Waals surface area contributed by atoms with Gasteiger partial charge in [0.25, 0.3) is 0 Å². The standard InChI is InChI=1S/C34H45N7O5/c1-21(2)41(22(3)4)28(42)18-35-17-27-38-32(36-16-25(23-12-8-6-9-13-23)24-14-10-7-11-15-24)29-33(39-27)40(20-37-29)34-31(44)30(43)26(46-34)19-45-5/h6-15,20-22,25-26,30-31,34-35,43-44H,16-19H2,1-5H3,(H,36,38,39). The Balaban J connectivity index is 1.46. The van der Waals surface area contributed by atoms with Crippen LogP contribution in [0.1, 0.15) is 56.8 Å². The van der Waals surface area contributed by atoms with E-state index in [2.05, 4.69) is 39.9 Å². The third-order valence-electron chi connectivity index (χ3n) is 8.25. The fraction of sp³-hybridized carbons (Fsp3) is 0.471. The topological polar surface area (TPSA) is 147 Å². The Morgan fingerprint density at radius 1 is 0.978 bits per heavy atom. The number of hydrogen-bond acceptors (Lipinski definition) is 10. The number of nitrogens with one attached hydrogen (secondary N) is 2.